The second kappa shape index (κ2) is 31.8. The van der Waals surface area contributed by atoms with Crippen LogP contribution >= 0.6 is 0 Å². The van der Waals surface area contributed by atoms with Gasteiger partial charge in [-0.25, -0.2) is 0 Å². The molecule has 1 unspecified atom stereocenters. The number of amides is 1. The lowest BCUT2D eigenvalue weighted by molar-refractivity contribution is -0.150. The van der Waals surface area contributed by atoms with Crippen molar-refractivity contribution in [3.63, 3.8) is 0 Å². The molecule has 0 aliphatic rings. The maximum absolute atomic E-state index is 12.5. The molecule has 0 saturated carbocycles. The van der Waals surface area contributed by atoms with Crippen LogP contribution in [0.4, 0.5) is 0 Å². The predicted molar refractivity (Wildman–Crippen MR) is 176 cm³/mol. The summed E-state index contributed by atoms with van der Waals surface area (Å²) in [5.41, 5.74) is 0. The van der Waals surface area contributed by atoms with Gasteiger partial charge in [-0.15, -0.1) is 0 Å². The van der Waals surface area contributed by atoms with E-state index in [1.54, 1.807) is 0 Å². The van der Waals surface area contributed by atoms with Crippen molar-refractivity contribution >= 4 is 17.8 Å². The van der Waals surface area contributed by atoms with E-state index < -0.39 is 5.97 Å². The summed E-state index contributed by atoms with van der Waals surface area (Å²) in [7, 11) is 0. The Hall–Kier alpha value is -2.11. The highest BCUT2D eigenvalue weighted by Gasteiger charge is 2.14. The minimum Gasteiger partial charge on any atom is -0.480 e. The van der Waals surface area contributed by atoms with E-state index >= 15 is 0 Å². The lowest BCUT2D eigenvalue weighted by Crippen LogP contribution is -2.28. The van der Waals surface area contributed by atoms with Gasteiger partial charge in [-0.05, 0) is 70.6 Å². The number of hydrogen-bond donors (Lipinski definition) is 2. The lowest BCUT2D eigenvalue weighted by Gasteiger charge is -2.18. The summed E-state index contributed by atoms with van der Waals surface area (Å²) in [4.78, 5) is 34.7. The molecule has 0 radical (unpaired) electrons. The molecule has 0 fully saturated rings. The standard InChI is InChI=1S/C36H65NO5/c1-3-5-7-9-10-11-12-13-14-15-16-17-18-19-21-27-31-36(41)42-33(28-24-20-8-6-4-2)29-25-22-23-26-30-34(38)37-32-35(39)40/h11-12,14-15,33H,3-10,13,16-32H2,1-2H3,(H,37,38)(H,39,40)/b12-11-,15-14-. The van der Waals surface area contributed by atoms with E-state index in [1.807, 2.05) is 0 Å². The Morgan fingerprint density at radius 1 is 0.619 bits per heavy atom. The van der Waals surface area contributed by atoms with Crippen molar-refractivity contribution in [2.24, 2.45) is 0 Å². The van der Waals surface area contributed by atoms with Crippen LogP contribution in [0.5, 0.6) is 0 Å². The number of nitrogens with one attached hydrogen (secondary N) is 1. The molecule has 0 aliphatic heterocycles. The van der Waals surface area contributed by atoms with Gasteiger partial charge in [-0.1, -0.05) is 115 Å². The van der Waals surface area contributed by atoms with Crippen LogP contribution in [0.25, 0.3) is 0 Å². The third kappa shape index (κ3) is 30.8. The minimum atomic E-state index is -1.02. The quantitative estimate of drug-likeness (QED) is 0.0475. The lowest BCUT2D eigenvalue weighted by atomic mass is 10.0. The van der Waals surface area contributed by atoms with Gasteiger partial charge in [0.25, 0.3) is 0 Å². The van der Waals surface area contributed by atoms with Crippen LogP contribution < -0.4 is 5.32 Å². The van der Waals surface area contributed by atoms with Crippen molar-refractivity contribution in [2.45, 2.75) is 180 Å². The van der Waals surface area contributed by atoms with Crippen LogP contribution in [0.2, 0.25) is 0 Å². The smallest absolute Gasteiger partial charge is 0.322 e. The number of unbranched alkanes of at least 4 members (excludes halogenated alkanes) is 16. The Balaban J connectivity index is 3.99. The molecule has 42 heavy (non-hydrogen) atoms. The van der Waals surface area contributed by atoms with Crippen molar-refractivity contribution in [3.05, 3.63) is 24.3 Å². The molecule has 244 valence electrons. The van der Waals surface area contributed by atoms with Gasteiger partial charge in [0, 0.05) is 12.8 Å². The monoisotopic (exact) mass is 591 g/mol. The fourth-order valence-electron chi connectivity index (χ4n) is 5.01. The van der Waals surface area contributed by atoms with E-state index in [1.165, 1.54) is 77.0 Å². The molecular weight excluding hydrogens is 526 g/mol. The highest BCUT2D eigenvalue weighted by molar-refractivity contribution is 5.80. The molecule has 0 saturated heterocycles. The van der Waals surface area contributed by atoms with E-state index in [0.29, 0.717) is 12.8 Å². The molecule has 0 rings (SSSR count). The zero-order chi connectivity index (χ0) is 30.9. The Morgan fingerprint density at radius 2 is 1.10 bits per heavy atom. The van der Waals surface area contributed by atoms with Crippen molar-refractivity contribution in [3.8, 4) is 0 Å². The van der Waals surface area contributed by atoms with Crippen LogP contribution in [-0.2, 0) is 19.1 Å². The summed E-state index contributed by atoms with van der Waals surface area (Å²) in [6.07, 6.45) is 35.9. The molecule has 0 aromatic carbocycles. The third-order valence-corrected chi connectivity index (χ3v) is 7.63. The first kappa shape index (κ1) is 39.9. The number of allylic oxidation sites excluding steroid dienone is 4. The number of carbonyl (C=O) groups is 3. The van der Waals surface area contributed by atoms with Gasteiger partial charge >= 0.3 is 11.9 Å². The fraction of sp³-hybridized carbons (Fsp3) is 0.806. The molecule has 0 bridgehead atoms. The molecule has 2 N–H and O–H groups in total. The Kier molecular flexibility index (Phi) is 30.2. The molecular formula is C36H65NO5. The molecule has 1 atom stereocenters. The number of esters is 1. The first-order valence-electron chi connectivity index (χ1n) is 17.5. The van der Waals surface area contributed by atoms with E-state index in [-0.39, 0.29) is 24.5 Å². The summed E-state index contributed by atoms with van der Waals surface area (Å²) in [5, 5.41) is 11.0. The average Bonchev–Trinajstić information content (AvgIpc) is 2.97. The molecule has 6 nitrogen and oxygen atoms in total. The van der Waals surface area contributed by atoms with E-state index in [2.05, 4.69) is 43.5 Å². The zero-order valence-electron chi connectivity index (χ0n) is 27.4. The normalized spacial score (nSPS) is 12.2. The molecule has 0 aromatic rings. The summed E-state index contributed by atoms with van der Waals surface area (Å²) in [6, 6.07) is 0. The average molecular weight is 592 g/mol. The minimum absolute atomic E-state index is 0.000631. The fourth-order valence-corrected chi connectivity index (χ4v) is 5.01. The van der Waals surface area contributed by atoms with E-state index in [0.717, 1.165) is 70.6 Å². The summed E-state index contributed by atoms with van der Waals surface area (Å²) >= 11 is 0. The van der Waals surface area contributed by atoms with Crippen molar-refractivity contribution in [2.75, 3.05) is 6.54 Å². The number of carboxylic acid groups (broad SMARTS) is 1. The third-order valence-electron chi connectivity index (χ3n) is 7.63. The summed E-state index contributed by atoms with van der Waals surface area (Å²) in [5.74, 6) is -1.28. The second-order valence-corrected chi connectivity index (χ2v) is 11.8. The van der Waals surface area contributed by atoms with Gasteiger partial charge in [0.2, 0.25) is 5.91 Å². The first-order chi connectivity index (χ1) is 20.5. The zero-order valence-corrected chi connectivity index (χ0v) is 27.4. The number of carbonyl (C=O) groups excluding carboxylic acids is 2. The van der Waals surface area contributed by atoms with Crippen LogP contribution in [0.15, 0.2) is 24.3 Å². The second-order valence-electron chi connectivity index (χ2n) is 11.8. The maximum atomic E-state index is 12.5. The molecule has 1 amide bonds. The van der Waals surface area contributed by atoms with E-state index in [9.17, 15) is 14.4 Å². The van der Waals surface area contributed by atoms with Gasteiger partial charge in [-0.2, -0.15) is 0 Å². The number of aliphatic carboxylic acids is 1. The largest absolute Gasteiger partial charge is 0.480 e. The Labute approximate surface area is 258 Å². The Morgan fingerprint density at radius 3 is 1.67 bits per heavy atom. The van der Waals surface area contributed by atoms with Gasteiger partial charge in [0.05, 0.1) is 0 Å². The van der Waals surface area contributed by atoms with Gasteiger partial charge in [-0.3, -0.25) is 14.4 Å². The first-order valence-corrected chi connectivity index (χ1v) is 17.5. The van der Waals surface area contributed by atoms with Crippen LogP contribution in [-0.4, -0.2) is 35.6 Å². The summed E-state index contributed by atoms with van der Waals surface area (Å²) < 4.78 is 5.91. The van der Waals surface area contributed by atoms with Crippen LogP contribution in [0.1, 0.15) is 174 Å². The van der Waals surface area contributed by atoms with Crippen molar-refractivity contribution in [1.82, 2.24) is 5.32 Å². The molecule has 0 spiro atoms. The topological polar surface area (TPSA) is 92.7 Å². The van der Waals surface area contributed by atoms with Crippen molar-refractivity contribution < 1.29 is 24.2 Å². The molecule has 0 aromatic heterocycles. The number of ether oxygens (including phenoxy) is 1. The van der Waals surface area contributed by atoms with Gasteiger partial charge < -0.3 is 15.2 Å². The Bertz CT molecular complexity index is 703. The number of carboxylic acids is 1. The molecule has 6 heteroatoms. The molecule has 0 aliphatic carbocycles. The van der Waals surface area contributed by atoms with Crippen molar-refractivity contribution in [1.29, 1.82) is 0 Å². The molecule has 0 heterocycles. The van der Waals surface area contributed by atoms with Crippen LogP contribution in [0, 0.1) is 0 Å². The van der Waals surface area contributed by atoms with Gasteiger partial charge in [0.1, 0.15) is 12.6 Å². The predicted octanol–water partition coefficient (Wildman–Crippen LogP) is 10.0. The number of hydrogen-bond acceptors (Lipinski definition) is 4. The SMILES string of the molecule is CCCCCC/C=C\C/C=C\CCCCCCCC(=O)OC(CCCCCCC)CCCCCCC(=O)NCC(=O)O. The highest BCUT2D eigenvalue weighted by Crippen LogP contribution is 2.18. The van der Waals surface area contributed by atoms with E-state index in [4.69, 9.17) is 9.84 Å². The van der Waals surface area contributed by atoms with Gasteiger partial charge in [0.15, 0.2) is 0 Å². The highest BCUT2D eigenvalue weighted by atomic mass is 16.5. The number of rotatable bonds is 31. The summed E-state index contributed by atoms with van der Waals surface area (Å²) in [6.45, 7) is 4.15. The maximum Gasteiger partial charge on any atom is 0.322 e. The van der Waals surface area contributed by atoms with Crippen LogP contribution in [0.3, 0.4) is 0 Å².